The minimum atomic E-state index is 0.727. The van der Waals surface area contributed by atoms with Crippen LogP contribution in [0.4, 0.5) is 5.82 Å². The maximum absolute atomic E-state index is 5.48. The Kier molecular flexibility index (Phi) is 4.44. The fourth-order valence-corrected chi connectivity index (χ4v) is 4.28. The van der Waals surface area contributed by atoms with Crippen LogP contribution in [0.5, 0.6) is 11.5 Å². The van der Waals surface area contributed by atoms with Crippen molar-refractivity contribution in [2.45, 2.75) is 19.8 Å². The molecule has 0 atom stereocenters. The number of ether oxygens (including phenoxy) is 2. The summed E-state index contributed by atoms with van der Waals surface area (Å²) in [6.45, 7) is 3.01. The average Bonchev–Trinajstić information content (AvgIpc) is 3.36. The second-order valence-electron chi connectivity index (χ2n) is 6.82. The molecule has 0 saturated heterocycles. The van der Waals surface area contributed by atoms with Gasteiger partial charge in [0.05, 0.1) is 19.6 Å². The molecule has 1 fully saturated rings. The van der Waals surface area contributed by atoms with Crippen molar-refractivity contribution in [1.82, 2.24) is 9.97 Å². The molecule has 0 bridgehead atoms. The molecule has 0 N–H and O–H groups in total. The highest BCUT2D eigenvalue weighted by Crippen LogP contribution is 2.41. The minimum Gasteiger partial charge on any atom is -0.493 e. The fourth-order valence-electron chi connectivity index (χ4n) is 3.29. The molecule has 2 heterocycles. The molecule has 0 spiro atoms. The van der Waals surface area contributed by atoms with E-state index in [1.54, 1.807) is 25.6 Å². The third kappa shape index (κ3) is 3.09. The molecule has 0 aliphatic heterocycles. The molecule has 0 radical (unpaired) electrons. The Morgan fingerprint density at radius 1 is 1.15 bits per heavy atom. The van der Waals surface area contributed by atoms with E-state index < -0.39 is 0 Å². The van der Waals surface area contributed by atoms with Crippen LogP contribution >= 0.6 is 11.3 Å². The summed E-state index contributed by atoms with van der Waals surface area (Å²) in [5.74, 6) is 4.09. The summed E-state index contributed by atoms with van der Waals surface area (Å²) in [6, 6.07) is 6.03. The molecule has 4 rings (SSSR count). The van der Waals surface area contributed by atoms with Crippen LogP contribution in [0, 0.1) is 12.8 Å². The van der Waals surface area contributed by atoms with Gasteiger partial charge in [0.25, 0.3) is 0 Å². The summed E-state index contributed by atoms with van der Waals surface area (Å²) >= 11 is 1.66. The maximum atomic E-state index is 5.48. The largest absolute Gasteiger partial charge is 0.493 e. The fraction of sp³-hybridized carbons (Fsp3) is 0.400. The Bertz CT molecular complexity index is 950. The molecular weight excluding hydrogens is 346 g/mol. The molecule has 0 unspecified atom stereocenters. The van der Waals surface area contributed by atoms with Crippen molar-refractivity contribution in [2.24, 2.45) is 5.92 Å². The predicted molar refractivity (Wildman–Crippen MR) is 107 cm³/mol. The van der Waals surface area contributed by atoms with E-state index in [1.807, 2.05) is 19.1 Å². The van der Waals surface area contributed by atoms with Gasteiger partial charge in [0.1, 0.15) is 16.5 Å². The van der Waals surface area contributed by atoms with Crippen LogP contribution in [0.3, 0.4) is 0 Å². The van der Waals surface area contributed by atoms with Crippen molar-refractivity contribution in [3.05, 3.63) is 29.4 Å². The standard InChI is InChI=1S/C20H23N3O2S/c1-12-21-19(23(2)10-13-5-6-13)18-15(11-26-20(18)22-12)14-7-8-16(24-3)17(9-14)25-4/h7-9,11,13H,5-6,10H2,1-4H3. The third-order valence-electron chi connectivity index (χ3n) is 4.81. The summed E-state index contributed by atoms with van der Waals surface area (Å²) in [6.07, 6.45) is 2.65. The van der Waals surface area contributed by atoms with Crippen LogP contribution in [0.2, 0.25) is 0 Å². The number of hydrogen-bond acceptors (Lipinski definition) is 6. The van der Waals surface area contributed by atoms with Gasteiger partial charge in [-0.2, -0.15) is 0 Å². The second-order valence-corrected chi connectivity index (χ2v) is 7.68. The highest BCUT2D eigenvalue weighted by molar-refractivity contribution is 7.17. The van der Waals surface area contributed by atoms with Crippen molar-refractivity contribution in [3.63, 3.8) is 0 Å². The lowest BCUT2D eigenvalue weighted by Crippen LogP contribution is -2.21. The summed E-state index contributed by atoms with van der Waals surface area (Å²) in [5.41, 5.74) is 2.23. The van der Waals surface area contributed by atoms with E-state index in [0.717, 1.165) is 56.9 Å². The van der Waals surface area contributed by atoms with Gasteiger partial charge in [-0.3, -0.25) is 0 Å². The maximum Gasteiger partial charge on any atom is 0.161 e. The highest BCUT2D eigenvalue weighted by Gasteiger charge is 2.25. The van der Waals surface area contributed by atoms with Crippen molar-refractivity contribution >= 4 is 27.4 Å². The molecule has 5 nitrogen and oxygen atoms in total. The molecule has 1 aliphatic carbocycles. The lowest BCUT2D eigenvalue weighted by atomic mass is 10.0. The van der Waals surface area contributed by atoms with E-state index >= 15 is 0 Å². The normalized spacial score (nSPS) is 13.8. The summed E-state index contributed by atoms with van der Waals surface area (Å²) < 4.78 is 10.9. The van der Waals surface area contributed by atoms with Crippen LogP contribution in [0.1, 0.15) is 18.7 Å². The Morgan fingerprint density at radius 2 is 1.92 bits per heavy atom. The van der Waals surface area contributed by atoms with Crippen molar-refractivity contribution in [2.75, 3.05) is 32.7 Å². The molecule has 1 aliphatic rings. The number of rotatable bonds is 6. The molecule has 1 saturated carbocycles. The van der Waals surface area contributed by atoms with Crippen LogP contribution in [-0.4, -0.2) is 37.8 Å². The van der Waals surface area contributed by atoms with Gasteiger partial charge < -0.3 is 14.4 Å². The molecule has 1 aromatic carbocycles. The number of fused-ring (bicyclic) bond motifs is 1. The number of nitrogens with zero attached hydrogens (tertiary/aromatic N) is 3. The summed E-state index contributed by atoms with van der Waals surface area (Å²) in [5, 5.41) is 3.28. The minimum absolute atomic E-state index is 0.727. The van der Waals surface area contributed by atoms with Crippen LogP contribution in [-0.2, 0) is 0 Å². The third-order valence-corrected chi connectivity index (χ3v) is 5.68. The van der Waals surface area contributed by atoms with E-state index in [9.17, 15) is 0 Å². The van der Waals surface area contributed by atoms with E-state index in [4.69, 9.17) is 14.5 Å². The Hall–Kier alpha value is -2.34. The van der Waals surface area contributed by atoms with E-state index in [0.29, 0.717) is 0 Å². The van der Waals surface area contributed by atoms with Gasteiger partial charge in [-0.25, -0.2) is 9.97 Å². The van der Waals surface area contributed by atoms with Gasteiger partial charge in [-0.05, 0) is 43.4 Å². The second kappa shape index (κ2) is 6.76. The van der Waals surface area contributed by atoms with Gasteiger partial charge in [0, 0.05) is 24.5 Å². The van der Waals surface area contributed by atoms with Crippen LogP contribution < -0.4 is 14.4 Å². The zero-order valence-electron chi connectivity index (χ0n) is 15.6. The first-order valence-corrected chi connectivity index (χ1v) is 9.68. The van der Waals surface area contributed by atoms with Crippen molar-refractivity contribution in [1.29, 1.82) is 0 Å². The average molecular weight is 369 g/mol. The summed E-state index contributed by atoms with van der Waals surface area (Å²) in [4.78, 5) is 12.8. The Morgan fingerprint density at radius 3 is 2.62 bits per heavy atom. The van der Waals surface area contributed by atoms with E-state index in [1.165, 1.54) is 12.8 Å². The van der Waals surface area contributed by atoms with Crippen LogP contribution in [0.25, 0.3) is 21.3 Å². The molecular formula is C20H23N3O2S. The smallest absolute Gasteiger partial charge is 0.161 e. The van der Waals surface area contributed by atoms with Gasteiger partial charge in [-0.1, -0.05) is 6.07 Å². The molecule has 0 amide bonds. The zero-order valence-corrected chi connectivity index (χ0v) is 16.4. The number of methoxy groups -OCH3 is 2. The SMILES string of the molecule is COc1ccc(-c2csc3nc(C)nc(N(C)CC4CC4)c23)cc1OC. The molecule has 3 aromatic rings. The molecule has 6 heteroatoms. The molecule has 2 aromatic heterocycles. The Labute approximate surface area is 157 Å². The lowest BCUT2D eigenvalue weighted by molar-refractivity contribution is 0.355. The number of benzene rings is 1. The lowest BCUT2D eigenvalue weighted by Gasteiger charge is -2.20. The zero-order chi connectivity index (χ0) is 18.3. The van der Waals surface area contributed by atoms with Gasteiger partial charge in [0.15, 0.2) is 11.5 Å². The number of aromatic nitrogens is 2. The van der Waals surface area contributed by atoms with Crippen LogP contribution in [0.15, 0.2) is 23.6 Å². The number of thiophene rings is 1. The Balaban J connectivity index is 1.85. The van der Waals surface area contributed by atoms with E-state index in [2.05, 4.69) is 28.4 Å². The first kappa shape index (κ1) is 17.1. The highest BCUT2D eigenvalue weighted by atomic mass is 32.1. The number of anilines is 1. The molecule has 136 valence electrons. The predicted octanol–water partition coefficient (Wildman–Crippen LogP) is 4.53. The first-order valence-electron chi connectivity index (χ1n) is 8.80. The molecule has 26 heavy (non-hydrogen) atoms. The monoisotopic (exact) mass is 369 g/mol. The number of hydrogen-bond donors (Lipinski definition) is 0. The quantitative estimate of drug-likeness (QED) is 0.639. The van der Waals surface area contributed by atoms with Crippen molar-refractivity contribution < 1.29 is 9.47 Å². The number of aryl methyl sites for hydroxylation is 1. The topological polar surface area (TPSA) is 47.5 Å². The van der Waals surface area contributed by atoms with Gasteiger partial charge in [-0.15, -0.1) is 11.3 Å². The summed E-state index contributed by atoms with van der Waals surface area (Å²) in [7, 11) is 5.45. The first-order chi connectivity index (χ1) is 12.6. The van der Waals surface area contributed by atoms with Gasteiger partial charge in [0.2, 0.25) is 0 Å². The van der Waals surface area contributed by atoms with Gasteiger partial charge >= 0.3 is 0 Å². The van der Waals surface area contributed by atoms with Crippen molar-refractivity contribution in [3.8, 4) is 22.6 Å². The van der Waals surface area contributed by atoms with E-state index in [-0.39, 0.29) is 0 Å².